The number of amides is 1. The number of aromatic nitrogens is 3. The number of hydrogen-bond donors (Lipinski definition) is 2. The van der Waals surface area contributed by atoms with Crippen molar-refractivity contribution in [1.82, 2.24) is 14.9 Å². The molecule has 144 valence electrons. The Hall–Kier alpha value is -2.55. The molecule has 9 heteroatoms. The molecule has 1 aliphatic carbocycles. The quantitative estimate of drug-likeness (QED) is 0.293. The summed E-state index contributed by atoms with van der Waals surface area (Å²) in [6, 6.07) is 6.62. The summed E-state index contributed by atoms with van der Waals surface area (Å²) in [6.45, 7) is 2.45. The fourth-order valence-electron chi connectivity index (χ4n) is 2.42. The molecule has 1 saturated carbocycles. The van der Waals surface area contributed by atoms with Gasteiger partial charge in [-0.05, 0) is 43.5 Å². The average molecular weight is 389 g/mol. The molecule has 0 atom stereocenters. The van der Waals surface area contributed by atoms with Gasteiger partial charge in [0.05, 0.1) is 17.9 Å². The summed E-state index contributed by atoms with van der Waals surface area (Å²) in [6.07, 6.45) is 3.99. The lowest BCUT2D eigenvalue weighted by Gasteiger charge is -2.07. The fraction of sp³-hybridized carbons (Fsp3) is 0.444. The lowest BCUT2D eigenvalue weighted by atomic mass is 10.2. The van der Waals surface area contributed by atoms with Gasteiger partial charge in [-0.25, -0.2) is 9.47 Å². The van der Waals surface area contributed by atoms with Gasteiger partial charge in [0.25, 0.3) is 0 Å². The molecular formula is C18H23N5O3S. The standard InChI is InChI=1S/C18H23N5O3S/c1-2-3-10-26-17(25)13-6-8-14(9-7-13)20-15(24)11-27-18-22-21-16(23(18)19)12-4-5-12/h6-9,12H,2-5,10-11,19H2,1H3,(H,20,24). The number of nitrogens with one attached hydrogen (secondary N) is 1. The van der Waals surface area contributed by atoms with E-state index in [1.54, 1.807) is 24.3 Å². The van der Waals surface area contributed by atoms with Gasteiger partial charge < -0.3 is 15.9 Å². The lowest BCUT2D eigenvalue weighted by Crippen LogP contribution is -2.17. The highest BCUT2D eigenvalue weighted by Crippen LogP contribution is 2.39. The Morgan fingerprint density at radius 3 is 2.70 bits per heavy atom. The van der Waals surface area contributed by atoms with Crippen LogP contribution in [0.15, 0.2) is 29.4 Å². The molecule has 1 aromatic heterocycles. The molecule has 3 N–H and O–H groups in total. The molecule has 1 aliphatic rings. The van der Waals surface area contributed by atoms with Crippen LogP contribution >= 0.6 is 11.8 Å². The Labute approximate surface area is 161 Å². The summed E-state index contributed by atoms with van der Waals surface area (Å²) in [4.78, 5) is 24.0. The highest BCUT2D eigenvalue weighted by atomic mass is 32.2. The number of carbonyl (C=O) groups is 2. The molecular weight excluding hydrogens is 366 g/mol. The van der Waals surface area contributed by atoms with Gasteiger partial charge in [0.15, 0.2) is 5.82 Å². The summed E-state index contributed by atoms with van der Waals surface area (Å²) >= 11 is 1.24. The molecule has 3 rings (SSSR count). The minimum absolute atomic E-state index is 0.167. The van der Waals surface area contributed by atoms with Gasteiger partial charge in [0.1, 0.15) is 0 Å². The number of esters is 1. The van der Waals surface area contributed by atoms with E-state index in [9.17, 15) is 9.59 Å². The largest absolute Gasteiger partial charge is 0.462 e. The van der Waals surface area contributed by atoms with Crippen molar-refractivity contribution in [1.29, 1.82) is 0 Å². The van der Waals surface area contributed by atoms with Crippen molar-refractivity contribution in [2.75, 3.05) is 23.5 Å². The van der Waals surface area contributed by atoms with E-state index in [1.165, 1.54) is 16.4 Å². The van der Waals surface area contributed by atoms with Crippen LogP contribution < -0.4 is 11.2 Å². The first-order valence-corrected chi connectivity index (χ1v) is 9.97. The number of rotatable bonds is 9. The van der Waals surface area contributed by atoms with Gasteiger partial charge in [-0.2, -0.15) is 0 Å². The Balaban J connectivity index is 1.47. The third-order valence-corrected chi connectivity index (χ3v) is 5.04. The van der Waals surface area contributed by atoms with Gasteiger partial charge >= 0.3 is 5.97 Å². The van der Waals surface area contributed by atoms with E-state index in [4.69, 9.17) is 10.6 Å². The van der Waals surface area contributed by atoms with Crippen molar-refractivity contribution >= 4 is 29.3 Å². The van der Waals surface area contributed by atoms with Crippen molar-refractivity contribution in [2.45, 2.75) is 43.7 Å². The summed E-state index contributed by atoms with van der Waals surface area (Å²) in [7, 11) is 0. The maximum absolute atomic E-state index is 12.1. The Morgan fingerprint density at radius 1 is 1.30 bits per heavy atom. The zero-order valence-electron chi connectivity index (χ0n) is 15.2. The normalized spacial score (nSPS) is 13.4. The highest BCUT2D eigenvalue weighted by Gasteiger charge is 2.30. The van der Waals surface area contributed by atoms with E-state index in [-0.39, 0.29) is 17.6 Å². The van der Waals surface area contributed by atoms with Gasteiger partial charge in [0, 0.05) is 11.6 Å². The van der Waals surface area contributed by atoms with Crippen molar-refractivity contribution in [3.63, 3.8) is 0 Å². The molecule has 0 spiro atoms. The molecule has 1 heterocycles. The van der Waals surface area contributed by atoms with E-state index in [0.717, 1.165) is 31.5 Å². The van der Waals surface area contributed by atoms with Crippen molar-refractivity contribution in [3.8, 4) is 0 Å². The third kappa shape index (κ3) is 5.22. The summed E-state index contributed by atoms with van der Waals surface area (Å²) < 4.78 is 6.62. The van der Waals surface area contributed by atoms with E-state index >= 15 is 0 Å². The van der Waals surface area contributed by atoms with Gasteiger partial charge in [0.2, 0.25) is 11.1 Å². The number of benzene rings is 1. The van der Waals surface area contributed by atoms with E-state index in [2.05, 4.69) is 15.5 Å². The van der Waals surface area contributed by atoms with Crippen LogP contribution in [0.25, 0.3) is 0 Å². The Kier molecular flexibility index (Phi) is 6.33. The second-order valence-electron chi connectivity index (χ2n) is 6.39. The Bertz CT molecular complexity index is 802. The number of ether oxygens (including phenoxy) is 1. The molecule has 0 bridgehead atoms. The summed E-state index contributed by atoms with van der Waals surface area (Å²) in [5.41, 5.74) is 1.07. The number of nitrogens with two attached hydrogens (primary N) is 1. The predicted octanol–water partition coefficient (Wildman–Crippen LogP) is 2.56. The minimum atomic E-state index is -0.356. The molecule has 0 radical (unpaired) electrons. The topological polar surface area (TPSA) is 112 Å². The second-order valence-corrected chi connectivity index (χ2v) is 7.33. The molecule has 8 nitrogen and oxygen atoms in total. The van der Waals surface area contributed by atoms with E-state index in [0.29, 0.717) is 28.9 Å². The van der Waals surface area contributed by atoms with E-state index in [1.807, 2.05) is 6.92 Å². The molecule has 0 unspecified atom stereocenters. The molecule has 1 fully saturated rings. The van der Waals surface area contributed by atoms with Crippen LogP contribution in [0.2, 0.25) is 0 Å². The van der Waals surface area contributed by atoms with Crippen molar-refractivity contribution < 1.29 is 14.3 Å². The van der Waals surface area contributed by atoms with Gasteiger partial charge in [-0.1, -0.05) is 25.1 Å². The minimum Gasteiger partial charge on any atom is -0.462 e. The zero-order valence-corrected chi connectivity index (χ0v) is 16.0. The SMILES string of the molecule is CCCCOC(=O)c1ccc(NC(=O)CSc2nnc(C3CC3)n2N)cc1. The number of unbranched alkanes of at least 4 members (excludes halogenated alkanes) is 1. The first-order chi connectivity index (χ1) is 13.1. The van der Waals surface area contributed by atoms with Crippen LogP contribution in [0.5, 0.6) is 0 Å². The number of thioether (sulfide) groups is 1. The van der Waals surface area contributed by atoms with Crippen LogP contribution in [-0.2, 0) is 9.53 Å². The van der Waals surface area contributed by atoms with Crippen LogP contribution in [0.4, 0.5) is 5.69 Å². The molecule has 27 heavy (non-hydrogen) atoms. The molecule has 0 saturated heterocycles. The number of carbonyl (C=O) groups excluding carboxylic acids is 2. The average Bonchev–Trinajstić information content (AvgIpc) is 3.44. The lowest BCUT2D eigenvalue weighted by molar-refractivity contribution is -0.113. The number of hydrogen-bond acceptors (Lipinski definition) is 7. The first-order valence-electron chi connectivity index (χ1n) is 8.98. The molecule has 0 aliphatic heterocycles. The predicted molar refractivity (Wildman–Crippen MR) is 103 cm³/mol. The molecule has 2 aromatic rings. The zero-order chi connectivity index (χ0) is 19.2. The van der Waals surface area contributed by atoms with Crippen LogP contribution in [-0.4, -0.2) is 39.1 Å². The number of nitrogen functional groups attached to an aromatic ring is 1. The third-order valence-electron chi connectivity index (χ3n) is 4.10. The van der Waals surface area contributed by atoms with Crippen molar-refractivity contribution in [2.24, 2.45) is 0 Å². The van der Waals surface area contributed by atoms with Gasteiger partial charge in [-0.15, -0.1) is 10.2 Å². The first kappa shape index (κ1) is 19.2. The van der Waals surface area contributed by atoms with Crippen LogP contribution in [0.1, 0.15) is 54.7 Å². The fourth-order valence-corrected chi connectivity index (χ4v) is 3.08. The maximum atomic E-state index is 12.1. The number of nitrogens with zero attached hydrogens (tertiary/aromatic N) is 3. The monoisotopic (exact) mass is 389 g/mol. The van der Waals surface area contributed by atoms with Crippen LogP contribution in [0.3, 0.4) is 0 Å². The summed E-state index contributed by atoms with van der Waals surface area (Å²) in [5, 5.41) is 11.4. The van der Waals surface area contributed by atoms with E-state index < -0.39 is 0 Å². The maximum Gasteiger partial charge on any atom is 0.338 e. The smallest absolute Gasteiger partial charge is 0.338 e. The second kappa shape index (κ2) is 8.90. The molecule has 1 aromatic carbocycles. The highest BCUT2D eigenvalue weighted by molar-refractivity contribution is 7.99. The number of anilines is 1. The molecule has 1 amide bonds. The van der Waals surface area contributed by atoms with Gasteiger partial charge in [-0.3, -0.25) is 4.79 Å². The Morgan fingerprint density at radius 2 is 2.04 bits per heavy atom. The van der Waals surface area contributed by atoms with Crippen LogP contribution in [0, 0.1) is 0 Å². The van der Waals surface area contributed by atoms with Crippen molar-refractivity contribution in [3.05, 3.63) is 35.7 Å². The summed E-state index contributed by atoms with van der Waals surface area (Å²) in [5.74, 6) is 6.77.